The number of carbonyl (C=O) groups is 1. The van der Waals surface area contributed by atoms with Gasteiger partial charge in [-0.25, -0.2) is 0 Å². The number of benzene rings is 2. The van der Waals surface area contributed by atoms with Crippen LogP contribution in [0.15, 0.2) is 64.4 Å². The molecule has 104 valence electrons. The first-order valence-corrected chi connectivity index (χ1v) is 7.47. The van der Waals surface area contributed by atoms with Crippen LogP contribution in [0.5, 0.6) is 5.75 Å². The molecule has 0 saturated heterocycles. The van der Waals surface area contributed by atoms with Crippen molar-refractivity contribution in [3.8, 4) is 5.75 Å². The van der Waals surface area contributed by atoms with Gasteiger partial charge in [0.1, 0.15) is 0 Å². The fourth-order valence-corrected chi connectivity index (χ4v) is 2.58. The van der Waals surface area contributed by atoms with Crippen LogP contribution < -0.4 is 4.84 Å². The van der Waals surface area contributed by atoms with Crippen molar-refractivity contribution in [1.29, 1.82) is 0 Å². The Bertz CT molecular complexity index is 558. The van der Waals surface area contributed by atoms with Crippen molar-refractivity contribution in [2.45, 2.75) is 16.7 Å². The summed E-state index contributed by atoms with van der Waals surface area (Å²) in [6, 6.07) is 17.7. The van der Waals surface area contributed by atoms with E-state index in [9.17, 15) is 4.79 Å². The first-order valence-electron chi connectivity index (χ1n) is 6.20. The van der Waals surface area contributed by atoms with Gasteiger partial charge in [-0.2, -0.15) is 5.06 Å². The van der Waals surface area contributed by atoms with Gasteiger partial charge in [-0.3, -0.25) is 4.79 Å². The maximum atomic E-state index is 11.1. The van der Waals surface area contributed by atoms with Gasteiger partial charge < -0.3 is 4.84 Å². The molecule has 2 aromatic carbocycles. The van der Waals surface area contributed by atoms with Gasteiger partial charge in [-0.05, 0) is 43.3 Å². The Balaban J connectivity index is 2.01. The van der Waals surface area contributed by atoms with Crippen molar-refractivity contribution in [1.82, 2.24) is 5.06 Å². The van der Waals surface area contributed by atoms with Crippen LogP contribution in [0.4, 0.5) is 4.79 Å². The van der Waals surface area contributed by atoms with Crippen LogP contribution >= 0.6 is 24.4 Å². The molecule has 0 unspecified atom stereocenters. The van der Waals surface area contributed by atoms with E-state index in [1.54, 1.807) is 11.8 Å². The largest absolute Gasteiger partial charge is 0.376 e. The monoisotopic (exact) mass is 305 g/mol. The second-order valence-electron chi connectivity index (χ2n) is 3.96. The lowest BCUT2D eigenvalue weighted by Crippen LogP contribution is -2.29. The molecular weight excluding hydrogens is 290 g/mol. The standard InChI is InChI=1S/C15H15NO2S2/c1-2-16(15(17)19)18-12-8-10-14(11-9-12)20-13-6-4-3-5-7-13/h3-11H,2H2,1H3,(H,17,19). The molecule has 0 saturated carbocycles. The second-order valence-corrected chi connectivity index (χ2v) is 5.48. The minimum absolute atomic E-state index is 0.407. The van der Waals surface area contributed by atoms with E-state index in [4.69, 9.17) is 4.84 Å². The summed E-state index contributed by atoms with van der Waals surface area (Å²) in [4.78, 5) is 18.9. The van der Waals surface area contributed by atoms with Crippen molar-refractivity contribution in [3.63, 3.8) is 0 Å². The molecule has 2 rings (SSSR count). The number of nitrogens with zero attached hydrogens (tertiary/aromatic N) is 1. The molecule has 0 fully saturated rings. The highest BCUT2D eigenvalue weighted by atomic mass is 32.2. The maximum absolute atomic E-state index is 11.1. The number of rotatable bonds is 5. The molecule has 0 aliphatic rings. The number of hydrogen-bond acceptors (Lipinski definition) is 3. The molecule has 0 atom stereocenters. The van der Waals surface area contributed by atoms with Crippen LogP contribution in [0.3, 0.4) is 0 Å². The summed E-state index contributed by atoms with van der Waals surface area (Å²) in [5, 5.41) is 0.790. The lowest BCUT2D eigenvalue weighted by molar-refractivity contribution is 0.00476. The first-order chi connectivity index (χ1) is 9.69. The lowest BCUT2D eigenvalue weighted by Gasteiger charge is -2.18. The predicted molar refractivity (Wildman–Crippen MR) is 84.4 cm³/mol. The molecule has 0 radical (unpaired) electrons. The fourth-order valence-electron chi connectivity index (χ4n) is 1.56. The summed E-state index contributed by atoms with van der Waals surface area (Å²) in [6.07, 6.45) is 0. The Morgan fingerprint density at radius 2 is 1.70 bits per heavy atom. The Hall–Kier alpha value is -1.59. The summed E-state index contributed by atoms with van der Waals surface area (Å²) < 4.78 is 0. The highest BCUT2D eigenvalue weighted by molar-refractivity contribution is 7.99. The third-order valence-corrected chi connectivity index (χ3v) is 3.76. The third kappa shape index (κ3) is 4.21. The van der Waals surface area contributed by atoms with Crippen molar-refractivity contribution >= 4 is 29.6 Å². The number of hydrogen-bond donors (Lipinski definition) is 1. The molecule has 0 aliphatic heterocycles. The van der Waals surface area contributed by atoms with E-state index < -0.39 is 5.24 Å². The van der Waals surface area contributed by atoms with Gasteiger partial charge in [0, 0.05) is 9.79 Å². The SMILES string of the molecule is CCN(Oc1ccc(Sc2ccccc2)cc1)C(=O)S. The van der Waals surface area contributed by atoms with Gasteiger partial charge in [0.15, 0.2) is 5.75 Å². The van der Waals surface area contributed by atoms with E-state index in [2.05, 4.69) is 24.8 Å². The molecule has 0 N–H and O–H groups in total. The summed E-state index contributed by atoms with van der Waals surface area (Å²) in [5.41, 5.74) is 0. The van der Waals surface area contributed by atoms with E-state index in [0.717, 1.165) is 4.90 Å². The minimum atomic E-state index is -0.407. The average molecular weight is 305 g/mol. The number of amides is 1. The van der Waals surface area contributed by atoms with E-state index in [-0.39, 0.29) is 0 Å². The van der Waals surface area contributed by atoms with Gasteiger partial charge in [0.2, 0.25) is 0 Å². The highest BCUT2D eigenvalue weighted by Crippen LogP contribution is 2.28. The van der Waals surface area contributed by atoms with Gasteiger partial charge in [-0.1, -0.05) is 42.6 Å². The molecule has 0 aromatic heterocycles. The highest BCUT2D eigenvalue weighted by Gasteiger charge is 2.09. The number of carbonyl (C=O) groups excluding carboxylic acids is 1. The molecule has 0 heterocycles. The molecule has 3 nitrogen and oxygen atoms in total. The maximum Gasteiger partial charge on any atom is 0.311 e. The quantitative estimate of drug-likeness (QED) is 0.651. The van der Waals surface area contributed by atoms with E-state index >= 15 is 0 Å². The van der Waals surface area contributed by atoms with E-state index in [1.807, 2.05) is 49.4 Å². The van der Waals surface area contributed by atoms with Crippen LogP contribution in [0, 0.1) is 0 Å². The minimum Gasteiger partial charge on any atom is -0.376 e. The molecular formula is C15H15NO2S2. The zero-order chi connectivity index (χ0) is 14.4. The van der Waals surface area contributed by atoms with E-state index in [0.29, 0.717) is 12.3 Å². The summed E-state index contributed by atoms with van der Waals surface area (Å²) in [7, 11) is 0. The Kier molecular flexibility index (Phi) is 5.38. The van der Waals surface area contributed by atoms with Crippen molar-refractivity contribution < 1.29 is 9.63 Å². The number of thiol groups is 1. The molecule has 1 amide bonds. The Labute approximate surface area is 128 Å². The smallest absolute Gasteiger partial charge is 0.311 e. The molecule has 5 heteroatoms. The topological polar surface area (TPSA) is 29.5 Å². The predicted octanol–water partition coefficient (Wildman–Crippen LogP) is 4.50. The van der Waals surface area contributed by atoms with Gasteiger partial charge in [-0.15, -0.1) is 0 Å². The van der Waals surface area contributed by atoms with Crippen molar-refractivity contribution in [2.24, 2.45) is 0 Å². The zero-order valence-electron chi connectivity index (χ0n) is 11.0. The second kappa shape index (κ2) is 7.26. The molecule has 2 aromatic rings. The van der Waals surface area contributed by atoms with Crippen LogP contribution in [0.25, 0.3) is 0 Å². The first kappa shape index (κ1) is 14.8. The van der Waals surface area contributed by atoms with Crippen LogP contribution in [0.2, 0.25) is 0 Å². The normalized spacial score (nSPS) is 10.1. The van der Waals surface area contributed by atoms with Gasteiger partial charge >= 0.3 is 5.24 Å². The fraction of sp³-hybridized carbons (Fsp3) is 0.133. The third-order valence-electron chi connectivity index (χ3n) is 2.52. The summed E-state index contributed by atoms with van der Waals surface area (Å²) in [5.74, 6) is 0.617. The van der Waals surface area contributed by atoms with Crippen LogP contribution in [-0.4, -0.2) is 16.8 Å². The van der Waals surface area contributed by atoms with Crippen molar-refractivity contribution in [3.05, 3.63) is 54.6 Å². The lowest BCUT2D eigenvalue weighted by atomic mass is 10.3. The summed E-state index contributed by atoms with van der Waals surface area (Å²) in [6.45, 7) is 2.27. The molecule has 20 heavy (non-hydrogen) atoms. The summed E-state index contributed by atoms with van der Waals surface area (Å²) >= 11 is 5.42. The van der Waals surface area contributed by atoms with Gasteiger partial charge in [0.25, 0.3) is 0 Å². The number of hydroxylamine groups is 2. The average Bonchev–Trinajstić information content (AvgIpc) is 2.47. The zero-order valence-corrected chi connectivity index (χ0v) is 12.7. The Morgan fingerprint density at radius 1 is 1.10 bits per heavy atom. The Morgan fingerprint density at radius 3 is 2.25 bits per heavy atom. The van der Waals surface area contributed by atoms with Crippen LogP contribution in [-0.2, 0) is 0 Å². The molecule has 0 spiro atoms. The van der Waals surface area contributed by atoms with Crippen LogP contribution in [0.1, 0.15) is 6.92 Å². The van der Waals surface area contributed by atoms with Gasteiger partial charge in [0.05, 0.1) is 6.54 Å². The molecule has 0 aliphatic carbocycles. The van der Waals surface area contributed by atoms with E-state index in [1.165, 1.54) is 9.96 Å². The molecule has 0 bridgehead atoms. The van der Waals surface area contributed by atoms with Crippen molar-refractivity contribution in [2.75, 3.05) is 6.54 Å².